The number of hydrogen-bond acceptors (Lipinski definition) is 3. The van der Waals surface area contributed by atoms with Crippen LogP contribution < -0.4 is 0 Å². The standard InChI is InChI=1S/C14H23N3O3S/c1-5-21(19,20)17-8-6-16(7-9-17)14(18)13-10-11(2)15(4)12(13)3/h10H,5-9H2,1-4H3. The van der Waals surface area contributed by atoms with E-state index in [4.69, 9.17) is 0 Å². The zero-order valence-electron chi connectivity index (χ0n) is 13.1. The minimum Gasteiger partial charge on any atom is -0.351 e. The van der Waals surface area contributed by atoms with Gasteiger partial charge in [-0.1, -0.05) is 0 Å². The van der Waals surface area contributed by atoms with Gasteiger partial charge in [0.15, 0.2) is 0 Å². The fourth-order valence-corrected chi connectivity index (χ4v) is 3.68. The summed E-state index contributed by atoms with van der Waals surface area (Å²) in [6.45, 7) is 7.20. The average Bonchev–Trinajstić information content (AvgIpc) is 2.74. The highest BCUT2D eigenvalue weighted by Gasteiger charge is 2.29. The molecule has 0 bridgehead atoms. The van der Waals surface area contributed by atoms with Gasteiger partial charge in [-0.15, -0.1) is 0 Å². The van der Waals surface area contributed by atoms with Crippen molar-refractivity contribution in [2.24, 2.45) is 7.05 Å². The van der Waals surface area contributed by atoms with Crippen molar-refractivity contribution >= 4 is 15.9 Å². The maximum atomic E-state index is 12.6. The predicted molar refractivity (Wildman–Crippen MR) is 81.8 cm³/mol. The minimum absolute atomic E-state index is 0.00949. The molecule has 1 amide bonds. The van der Waals surface area contributed by atoms with Crippen molar-refractivity contribution in [2.75, 3.05) is 31.9 Å². The molecule has 1 aliphatic heterocycles. The molecule has 1 saturated heterocycles. The Morgan fingerprint density at radius 2 is 1.76 bits per heavy atom. The Morgan fingerprint density at radius 1 is 1.19 bits per heavy atom. The Labute approximate surface area is 126 Å². The Morgan fingerprint density at radius 3 is 2.19 bits per heavy atom. The molecule has 6 nitrogen and oxygen atoms in total. The summed E-state index contributed by atoms with van der Waals surface area (Å²) in [6, 6.07) is 1.90. The van der Waals surface area contributed by atoms with Crippen molar-refractivity contribution in [1.29, 1.82) is 0 Å². The van der Waals surface area contributed by atoms with Gasteiger partial charge >= 0.3 is 0 Å². The van der Waals surface area contributed by atoms with Crippen molar-refractivity contribution < 1.29 is 13.2 Å². The molecule has 1 aromatic heterocycles. The van der Waals surface area contributed by atoms with E-state index in [9.17, 15) is 13.2 Å². The van der Waals surface area contributed by atoms with E-state index in [0.29, 0.717) is 31.7 Å². The highest BCUT2D eigenvalue weighted by Crippen LogP contribution is 2.17. The van der Waals surface area contributed by atoms with Gasteiger partial charge in [0.25, 0.3) is 5.91 Å². The van der Waals surface area contributed by atoms with Crippen LogP contribution >= 0.6 is 0 Å². The Balaban J connectivity index is 2.09. The molecule has 118 valence electrons. The van der Waals surface area contributed by atoms with E-state index in [1.54, 1.807) is 11.8 Å². The molecule has 1 aromatic rings. The van der Waals surface area contributed by atoms with E-state index in [1.165, 1.54) is 4.31 Å². The summed E-state index contributed by atoms with van der Waals surface area (Å²) in [5.41, 5.74) is 2.70. The fraction of sp³-hybridized carbons (Fsp3) is 0.643. The summed E-state index contributed by atoms with van der Waals surface area (Å²) in [4.78, 5) is 14.3. The first-order valence-corrected chi connectivity index (χ1v) is 8.79. The zero-order chi connectivity index (χ0) is 15.8. The van der Waals surface area contributed by atoms with Crippen LogP contribution in [-0.2, 0) is 17.1 Å². The maximum absolute atomic E-state index is 12.6. The molecule has 0 atom stereocenters. The van der Waals surface area contributed by atoms with Crippen molar-refractivity contribution in [3.8, 4) is 0 Å². The highest BCUT2D eigenvalue weighted by molar-refractivity contribution is 7.89. The minimum atomic E-state index is -3.15. The summed E-state index contributed by atoms with van der Waals surface area (Å²) in [5.74, 6) is 0.0996. The monoisotopic (exact) mass is 313 g/mol. The molecule has 1 aliphatic rings. The summed E-state index contributed by atoms with van der Waals surface area (Å²) in [7, 11) is -1.22. The molecule has 0 N–H and O–H groups in total. The van der Waals surface area contributed by atoms with Gasteiger partial charge in [0.2, 0.25) is 10.0 Å². The van der Waals surface area contributed by atoms with Gasteiger partial charge in [-0.3, -0.25) is 4.79 Å². The lowest BCUT2D eigenvalue weighted by molar-refractivity contribution is 0.0697. The number of rotatable bonds is 3. The molecule has 0 aliphatic carbocycles. The number of carbonyl (C=O) groups is 1. The van der Waals surface area contributed by atoms with E-state index in [-0.39, 0.29) is 11.7 Å². The number of piperazine rings is 1. The lowest BCUT2D eigenvalue weighted by Crippen LogP contribution is -2.50. The zero-order valence-corrected chi connectivity index (χ0v) is 13.9. The molecule has 2 rings (SSSR count). The Bertz CT molecular complexity index is 641. The molecule has 0 radical (unpaired) electrons. The molecule has 21 heavy (non-hydrogen) atoms. The summed E-state index contributed by atoms with van der Waals surface area (Å²) in [5, 5.41) is 0. The predicted octanol–water partition coefficient (Wildman–Crippen LogP) is 0.749. The Kier molecular flexibility index (Phi) is 4.43. The van der Waals surface area contributed by atoms with Gasteiger partial charge < -0.3 is 9.47 Å². The lowest BCUT2D eigenvalue weighted by Gasteiger charge is -2.33. The smallest absolute Gasteiger partial charge is 0.255 e. The van der Waals surface area contributed by atoms with Gasteiger partial charge in [-0.2, -0.15) is 4.31 Å². The van der Waals surface area contributed by atoms with Crippen LogP contribution in [0, 0.1) is 13.8 Å². The van der Waals surface area contributed by atoms with E-state index < -0.39 is 10.0 Å². The molecule has 0 unspecified atom stereocenters. The molecule has 7 heteroatoms. The third-order valence-corrected chi connectivity index (χ3v) is 6.17. The lowest BCUT2D eigenvalue weighted by atomic mass is 10.2. The van der Waals surface area contributed by atoms with Crippen LogP contribution in [0.25, 0.3) is 0 Å². The quantitative estimate of drug-likeness (QED) is 0.827. The van der Waals surface area contributed by atoms with Gasteiger partial charge in [0, 0.05) is 44.6 Å². The first kappa shape index (κ1) is 16.0. The molecule has 0 aromatic carbocycles. The number of carbonyl (C=O) groups excluding carboxylic acids is 1. The van der Waals surface area contributed by atoms with Crippen molar-refractivity contribution in [3.63, 3.8) is 0 Å². The first-order valence-electron chi connectivity index (χ1n) is 7.18. The second-order valence-corrected chi connectivity index (χ2v) is 7.69. The molecular weight excluding hydrogens is 290 g/mol. The SMILES string of the molecule is CCS(=O)(=O)N1CCN(C(=O)c2cc(C)n(C)c2C)CC1. The number of aryl methyl sites for hydroxylation is 1. The molecular formula is C14H23N3O3S. The van der Waals surface area contributed by atoms with Crippen molar-refractivity contribution in [1.82, 2.24) is 13.8 Å². The van der Waals surface area contributed by atoms with Crippen LogP contribution in [0.4, 0.5) is 0 Å². The molecule has 0 saturated carbocycles. The van der Waals surface area contributed by atoms with Crippen molar-refractivity contribution in [2.45, 2.75) is 20.8 Å². The van der Waals surface area contributed by atoms with E-state index >= 15 is 0 Å². The molecule has 2 heterocycles. The van der Waals surface area contributed by atoms with Crippen LogP contribution in [0.3, 0.4) is 0 Å². The second-order valence-electron chi connectivity index (χ2n) is 5.44. The number of aromatic nitrogens is 1. The number of nitrogens with zero attached hydrogens (tertiary/aromatic N) is 3. The number of amides is 1. The third kappa shape index (κ3) is 2.98. The summed E-state index contributed by atoms with van der Waals surface area (Å²) in [6.07, 6.45) is 0. The maximum Gasteiger partial charge on any atom is 0.255 e. The van der Waals surface area contributed by atoms with E-state index in [2.05, 4.69) is 0 Å². The largest absolute Gasteiger partial charge is 0.351 e. The second kappa shape index (κ2) is 5.81. The van der Waals surface area contributed by atoms with Gasteiger partial charge in [0.1, 0.15) is 0 Å². The van der Waals surface area contributed by atoms with E-state index in [1.807, 2.05) is 31.5 Å². The van der Waals surface area contributed by atoms with Gasteiger partial charge in [-0.25, -0.2) is 8.42 Å². The first-order chi connectivity index (χ1) is 9.77. The van der Waals surface area contributed by atoms with E-state index in [0.717, 1.165) is 11.4 Å². The summed E-state index contributed by atoms with van der Waals surface area (Å²) >= 11 is 0. The third-order valence-electron chi connectivity index (χ3n) is 4.29. The Hall–Kier alpha value is -1.34. The molecule has 0 spiro atoms. The molecule has 1 fully saturated rings. The van der Waals surface area contributed by atoms with Gasteiger partial charge in [-0.05, 0) is 26.8 Å². The van der Waals surface area contributed by atoms with Crippen molar-refractivity contribution in [3.05, 3.63) is 23.0 Å². The summed E-state index contributed by atoms with van der Waals surface area (Å²) < 4.78 is 27.1. The van der Waals surface area contributed by atoms with Gasteiger partial charge in [0.05, 0.1) is 11.3 Å². The van der Waals surface area contributed by atoms with Crippen LogP contribution in [0.15, 0.2) is 6.07 Å². The average molecular weight is 313 g/mol. The highest BCUT2D eigenvalue weighted by atomic mass is 32.2. The van der Waals surface area contributed by atoms with Crippen LogP contribution in [0.1, 0.15) is 28.7 Å². The van der Waals surface area contributed by atoms with Crippen LogP contribution in [-0.4, -0.2) is 60.0 Å². The number of sulfonamides is 1. The van der Waals surface area contributed by atoms with Crippen LogP contribution in [0.5, 0.6) is 0 Å². The van der Waals surface area contributed by atoms with Crippen LogP contribution in [0.2, 0.25) is 0 Å². The normalized spacial score (nSPS) is 17.2. The number of hydrogen-bond donors (Lipinski definition) is 0. The topological polar surface area (TPSA) is 62.6 Å². The fourth-order valence-electron chi connectivity index (χ4n) is 2.59.